The third kappa shape index (κ3) is 5.23. The number of aromatic nitrogens is 1. The molecule has 0 bridgehead atoms. The Balaban J connectivity index is 0.00000289. The van der Waals surface area contributed by atoms with Gasteiger partial charge in [-0.25, -0.2) is 4.98 Å². The lowest BCUT2D eigenvalue weighted by Gasteiger charge is -2.32. The SMILES string of the molecule is C.COc1cc(N2CCOc3ccc(O[C@H]4CCN(C(=O)C5COCCO5)C4)cc32)cnc1OC. The van der Waals surface area contributed by atoms with Crippen molar-refractivity contribution in [2.24, 2.45) is 0 Å². The quantitative estimate of drug-likeness (QED) is 0.610. The van der Waals surface area contributed by atoms with Crippen LogP contribution in [0.15, 0.2) is 30.5 Å². The van der Waals surface area contributed by atoms with Crippen LogP contribution >= 0.6 is 0 Å². The van der Waals surface area contributed by atoms with Crippen molar-refractivity contribution < 1.29 is 33.2 Å². The van der Waals surface area contributed by atoms with Crippen LogP contribution in [0.2, 0.25) is 0 Å². The molecule has 0 spiro atoms. The van der Waals surface area contributed by atoms with Crippen molar-refractivity contribution in [2.45, 2.75) is 26.1 Å². The summed E-state index contributed by atoms with van der Waals surface area (Å²) in [5.41, 5.74) is 1.75. The van der Waals surface area contributed by atoms with Crippen molar-refractivity contribution in [1.29, 1.82) is 0 Å². The summed E-state index contributed by atoms with van der Waals surface area (Å²) in [6.07, 6.45) is 1.90. The number of pyridine rings is 1. The maximum atomic E-state index is 12.7. The van der Waals surface area contributed by atoms with Gasteiger partial charge in [0.15, 0.2) is 11.9 Å². The average molecular weight is 488 g/mol. The van der Waals surface area contributed by atoms with E-state index in [1.54, 1.807) is 25.3 Å². The summed E-state index contributed by atoms with van der Waals surface area (Å²) in [7, 11) is 3.15. The molecule has 35 heavy (non-hydrogen) atoms. The van der Waals surface area contributed by atoms with Crippen LogP contribution in [0.4, 0.5) is 11.4 Å². The van der Waals surface area contributed by atoms with E-state index in [2.05, 4.69) is 9.88 Å². The zero-order valence-corrected chi connectivity index (χ0v) is 19.4. The first-order valence-corrected chi connectivity index (χ1v) is 11.4. The van der Waals surface area contributed by atoms with Crippen LogP contribution in [0.25, 0.3) is 0 Å². The number of rotatable bonds is 6. The molecule has 1 unspecified atom stereocenters. The van der Waals surface area contributed by atoms with Crippen molar-refractivity contribution >= 4 is 17.3 Å². The van der Waals surface area contributed by atoms with Crippen LogP contribution < -0.4 is 23.8 Å². The standard InChI is InChI=1S/C24H29N3O7.CH4/c1-29-21-11-16(13-25-23(21)30-2)27-7-8-32-20-4-3-17(12-19(20)27)34-18-5-6-26(14-18)24(28)22-15-31-9-10-33-22;/h3-4,11-13,18,22H,5-10,14-15H2,1-2H3;1H4/t18-,22?;/m0./s1. The lowest BCUT2D eigenvalue weighted by molar-refractivity contribution is -0.157. The molecule has 10 heteroatoms. The molecule has 3 aliphatic rings. The fraction of sp³-hybridized carbons (Fsp3) is 0.520. The number of amides is 1. The number of carbonyl (C=O) groups is 1. The second-order valence-electron chi connectivity index (χ2n) is 8.28. The predicted octanol–water partition coefficient (Wildman–Crippen LogP) is 2.66. The number of carbonyl (C=O) groups excluding carboxylic acids is 1. The van der Waals surface area contributed by atoms with Gasteiger partial charge in [-0.05, 0) is 12.1 Å². The topological polar surface area (TPSA) is 91.8 Å². The number of anilines is 2. The smallest absolute Gasteiger partial charge is 0.256 e. The first-order valence-electron chi connectivity index (χ1n) is 11.4. The number of hydrogen-bond donors (Lipinski definition) is 0. The Hall–Kier alpha value is -3.24. The maximum Gasteiger partial charge on any atom is 0.256 e. The minimum absolute atomic E-state index is 0. The highest BCUT2D eigenvalue weighted by molar-refractivity contribution is 5.81. The minimum Gasteiger partial charge on any atom is -0.491 e. The van der Waals surface area contributed by atoms with Gasteiger partial charge in [-0.3, -0.25) is 4.79 Å². The number of fused-ring (bicyclic) bond motifs is 1. The largest absolute Gasteiger partial charge is 0.491 e. The molecule has 2 fully saturated rings. The summed E-state index contributed by atoms with van der Waals surface area (Å²) < 4.78 is 33.7. The molecule has 1 amide bonds. The van der Waals surface area contributed by atoms with E-state index in [0.717, 1.165) is 29.3 Å². The van der Waals surface area contributed by atoms with Gasteiger partial charge in [-0.2, -0.15) is 0 Å². The van der Waals surface area contributed by atoms with Gasteiger partial charge in [0, 0.05) is 25.1 Å². The van der Waals surface area contributed by atoms with Gasteiger partial charge >= 0.3 is 0 Å². The Bertz CT molecular complexity index is 1030. The van der Waals surface area contributed by atoms with Gasteiger partial charge in [-0.15, -0.1) is 0 Å². The molecule has 2 aromatic rings. The van der Waals surface area contributed by atoms with Gasteiger partial charge in [0.25, 0.3) is 11.8 Å². The molecule has 5 rings (SSSR count). The zero-order chi connectivity index (χ0) is 23.5. The van der Waals surface area contributed by atoms with Crippen molar-refractivity contribution in [3.63, 3.8) is 0 Å². The lowest BCUT2D eigenvalue weighted by atomic mass is 10.2. The molecule has 4 heterocycles. The molecule has 0 aliphatic carbocycles. The zero-order valence-electron chi connectivity index (χ0n) is 19.4. The van der Waals surface area contributed by atoms with E-state index < -0.39 is 6.10 Å². The predicted molar refractivity (Wildman–Crippen MR) is 129 cm³/mol. The van der Waals surface area contributed by atoms with E-state index in [-0.39, 0.29) is 19.4 Å². The van der Waals surface area contributed by atoms with Gasteiger partial charge in [-0.1, -0.05) is 7.43 Å². The molecule has 2 saturated heterocycles. The van der Waals surface area contributed by atoms with E-state index in [1.807, 2.05) is 24.3 Å². The van der Waals surface area contributed by atoms with Crippen LogP contribution in [-0.4, -0.2) is 88.3 Å². The summed E-state index contributed by atoms with van der Waals surface area (Å²) in [4.78, 5) is 21.0. The molecule has 3 aliphatic heterocycles. The average Bonchev–Trinajstić information content (AvgIpc) is 3.36. The molecule has 10 nitrogen and oxygen atoms in total. The number of methoxy groups -OCH3 is 2. The van der Waals surface area contributed by atoms with Crippen molar-refractivity contribution in [3.8, 4) is 23.1 Å². The Morgan fingerprint density at radius 2 is 2.00 bits per heavy atom. The van der Waals surface area contributed by atoms with Gasteiger partial charge < -0.3 is 38.2 Å². The summed E-state index contributed by atoms with van der Waals surface area (Å²) in [6.45, 7) is 3.67. The van der Waals surface area contributed by atoms with E-state index in [9.17, 15) is 4.79 Å². The molecule has 0 saturated carbocycles. The Morgan fingerprint density at radius 1 is 1.11 bits per heavy atom. The summed E-state index contributed by atoms with van der Waals surface area (Å²) >= 11 is 0. The van der Waals surface area contributed by atoms with Crippen molar-refractivity contribution in [3.05, 3.63) is 30.5 Å². The number of nitrogens with zero attached hydrogens (tertiary/aromatic N) is 3. The highest BCUT2D eigenvalue weighted by Gasteiger charge is 2.34. The Labute approximate surface area is 205 Å². The number of benzene rings is 1. The minimum atomic E-state index is -0.517. The Morgan fingerprint density at radius 3 is 2.77 bits per heavy atom. The van der Waals surface area contributed by atoms with Crippen LogP contribution in [0, 0.1) is 0 Å². The second-order valence-corrected chi connectivity index (χ2v) is 8.28. The molecule has 0 N–H and O–H groups in total. The van der Waals surface area contributed by atoms with Crippen LogP contribution in [0.5, 0.6) is 23.1 Å². The number of hydrogen-bond acceptors (Lipinski definition) is 9. The molecular formula is C25H33N3O7. The number of ether oxygens (including phenoxy) is 6. The van der Waals surface area contributed by atoms with Gasteiger partial charge in [0.2, 0.25) is 0 Å². The molecule has 1 aromatic carbocycles. The van der Waals surface area contributed by atoms with Crippen LogP contribution in [0.1, 0.15) is 13.8 Å². The monoisotopic (exact) mass is 487 g/mol. The van der Waals surface area contributed by atoms with Gasteiger partial charge in [0.05, 0.1) is 64.7 Å². The lowest BCUT2D eigenvalue weighted by Crippen LogP contribution is -2.44. The summed E-state index contributed by atoms with van der Waals surface area (Å²) in [6, 6.07) is 7.67. The van der Waals surface area contributed by atoms with Crippen LogP contribution in [0.3, 0.4) is 0 Å². The van der Waals surface area contributed by atoms with Gasteiger partial charge in [0.1, 0.15) is 24.2 Å². The molecule has 1 aromatic heterocycles. The molecular weight excluding hydrogens is 454 g/mol. The summed E-state index contributed by atoms with van der Waals surface area (Å²) in [5.74, 6) is 2.45. The van der Waals surface area contributed by atoms with E-state index in [0.29, 0.717) is 57.7 Å². The fourth-order valence-corrected chi connectivity index (χ4v) is 4.46. The van der Waals surface area contributed by atoms with Crippen molar-refractivity contribution in [1.82, 2.24) is 9.88 Å². The first kappa shape index (κ1) is 24.9. The second kappa shape index (κ2) is 11.0. The van der Waals surface area contributed by atoms with E-state index in [1.165, 1.54) is 0 Å². The number of likely N-dealkylation sites (tertiary alicyclic amines) is 1. The summed E-state index contributed by atoms with van der Waals surface area (Å²) in [5, 5.41) is 0. The maximum absolute atomic E-state index is 12.7. The highest BCUT2D eigenvalue weighted by atomic mass is 16.6. The molecule has 190 valence electrons. The Kier molecular flexibility index (Phi) is 7.82. The fourth-order valence-electron chi connectivity index (χ4n) is 4.46. The highest BCUT2D eigenvalue weighted by Crippen LogP contribution is 2.41. The normalized spacial score (nSPS) is 21.4. The molecule has 2 atom stereocenters. The van der Waals surface area contributed by atoms with E-state index >= 15 is 0 Å². The van der Waals surface area contributed by atoms with Crippen LogP contribution in [-0.2, 0) is 14.3 Å². The van der Waals surface area contributed by atoms with E-state index in [4.69, 9.17) is 28.4 Å². The van der Waals surface area contributed by atoms with Crippen molar-refractivity contribution in [2.75, 3.05) is 65.2 Å². The third-order valence-corrected chi connectivity index (χ3v) is 6.17. The molecule has 0 radical (unpaired) electrons. The first-order chi connectivity index (χ1) is 16.7. The third-order valence-electron chi connectivity index (χ3n) is 6.17.